The second-order valence-electron chi connectivity index (χ2n) is 4.83. The van der Waals surface area contributed by atoms with E-state index in [4.69, 9.17) is 4.42 Å². The van der Waals surface area contributed by atoms with E-state index in [1.807, 2.05) is 17.7 Å². The van der Waals surface area contributed by atoms with Gasteiger partial charge in [0.15, 0.2) is 5.82 Å². The molecule has 18 heavy (non-hydrogen) atoms. The molecule has 0 spiro atoms. The Bertz CT molecular complexity index is 662. The summed E-state index contributed by atoms with van der Waals surface area (Å²) in [6.45, 7) is 2.86. The number of rotatable bonds is 1. The maximum Gasteiger partial charge on any atom is 0.184 e. The van der Waals surface area contributed by atoms with Crippen LogP contribution in [0.1, 0.15) is 17.5 Å². The summed E-state index contributed by atoms with van der Waals surface area (Å²) < 4.78 is 7.34. The van der Waals surface area contributed by atoms with E-state index in [-0.39, 0.29) is 0 Å². The summed E-state index contributed by atoms with van der Waals surface area (Å²) >= 11 is 0. The van der Waals surface area contributed by atoms with E-state index in [0.29, 0.717) is 11.8 Å². The lowest BCUT2D eigenvalue weighted by atomic mass is 9.91. The first-order chi connectivity index (χ1) is 8.83. The van der Waals surface area contributed by atoms with E-state index in [2.05, 4.69) is 34.4 Å². The van der Waals surface area contributed by atoms with Crippen molar-refractivity contribution >= 4 is 0 Å². The minimum atomic E-state index is 0.378. The topological polar surface area (TPSA) is 43.9 Å². The molecule has 0 N–H and O–H groups in total. The SMILES string of the molecule is Cc1occc1-c1nc2n(n1)CC1C=CC=CC21. The number of nitrogens with zero attached hydrogens (tertiary/aromatic N) is 3. The molecule has 4 nitrogen and oxygen atoms in total. The van der Waals surface area contributed by atoms with Crippen LogP contribution in [0.4, 0.5) is 0 Å². The lowest BCUT2D eigenvalue weighted by Crippen LogP contribution is -2.06. The lowest BCUT2D eigenvalue weighted by molar-refractivity contribution is 0.533. The molecule has 2 atom stereocenters. The second-order valence-corrected chi connectivity index (χ2v) is 4.83. The van der Waals surface area contributed by atoms with Gasteiger partial charge in [-0.2, -0.15) is 5.10 Å². The fourth-order valence-electron chi connectivity index (χ4n) is 2.77. The van der Waals surface area contributed by atoms with Gasteiger partial charge in [0.1, 0.15) is 11.6 Å². The van der Waals surface area contributed by atoms with Crippen LogP contribution in [0.25, 0.3) is 11.4 Å². The molecule has 90 valence electrons. The Labute approximate surface area is 105 Å². The molecule has 1 aliphatic heterocycles. The van der Waals surface area contributed by atoms with Gasteiger partial charge in [-0.1, -0.05) is 24.3 Å². The van der Waals surface area contributed by atoms with Crippen LogP contribution >= 0.6 is 0 Å². The highest BCUT2D eigenvalue weighted by Gasteiger charge is 2.33. The average Bonchev–Trinajstić information content (AvgIpc) is 3.01. The molecule has 0 saturated heterocycles. The van der Waals surface area contributed by atoms with Crippen molar-refractivity contribution < 1.29 is 4.42 Å². The van der Waals surface area contributed by atoms with Gasteiger partial charge < -0.3 is 4.42 Å². The molecular weight excluding hydrogens is 226 g/mol. The Morgan fingerprint density at radius 1 is 1.33 bits per heavy atom. The van der Waals surface area contributed by atoms with Crippen molar-refractivity contribution in [1.82, 2.24) is 14.8 Å². The van der Waals surface area contributed by atoms with Crippen LogP contribution in [0, 0.1) is 12.8 Å². The molecular formula is C14H13N3O. The van der Waals surface area contributed by atoms with Gasteiger partial charge in [-0.05, 0) is 13.0 Å². The molecule has 0 bridgehead atoms. The minimum Gasteiger partial charge on any atom is -0.469 e. The summed E-state index contributed by atoms with van der Waals surface area (Å²) in [4.78, 5) is 4.69. The molecule has 0 saturated carbocycles. The molecule has 3 heterocycles. The van der Waals surface area contributed by atoms with Gasteiger partial charge in [0.2, 0.25) is 0 Å². The van der Waals surface area contributed by atoms with Crippen LogP contribution < -0.4 is 0 Å². The third kappa shape index (κ3) is 1.26. The van der Waals surface area contributed by atoms with Crippen molar-refractivity contribution in [3.05, 3.63) is 48.2 Å². The van der Waals surface area contributed by atoms with E-state index >= 15 is 0 Å². The van der Waals surface area contributed by atoms with Crippen molar-refractivity contribution in [2.75, 3.05) is 0 Å². The third-order valence-corrected chi connectivity index (χ3v) is 3.73. The molecule has 4 rings (SSSR count). The van der Waals surface area contributed by atoms with Gasteiger partial charge in [0.05, 0.1) is 18.4 Å². The molecule has 2 aliphatic rings. The molecule has 0 fully saturated rings. The summed E-state index contributed by atoms with van der Waals surface area (Å²) in [6.07, 6.45) is 10.3. The smallest absolute Gasteiger partial charge is 0.184 e. The molecule has 0 radical (unpaired) electrons. The summed E-state index contributed by atoms with van der Waals surface area (Å²) in [7, 11) is 0. The second kappa shape index (κ2) is 3.45. The lowest BCUT2D eigenvalue weighted by Gasteiger charge is -2.12. The summed E-state index contributed by atoms with van der Waals surface area (Å²) in [5, 5.41) is 4.60. The maximum atomic E-state index is 5.31. The van der Waals surface area contributed by atoms with Crippen LogP contribution in [-0.4, -0.2) is 14.8 Å². The molecule has 4 heteroatoms. The molecule has 2 aromatic rings. The fourth-order valence-corrected chi connectivity index (χ4v) is 2.77. The first-order valence-corrected chi connectivity index (χ1v) is 6.17. The van der Waals surface area contributed by atoms with Crippen LogP contribution in [-0.2, 0) is 6.54 Å². The van der Waals surface area contributed by atoms with Gasteiger partial charge in [0.25, 0.3) is 0 Å². The van der Waals surface area contributed by atoms with E-state index in [1.54, 1.807) is 6.26 Å². The predicted octanol–water partition coefficient (Wildman–Crippen LogP) is 2.69. The first-order valence-electron chi connectivity index (χ1n) is 6.17. The standard InChI is InChI=1S/C14H13N3O/c1-9-11(6-7-18-9)13-15-14-12-5-3-2-4-10(12)8-17(14)16-13/h2-7,10,12H,8H2,1H3. The van der Waals surface area contributed by atoms with Gasteiger partial charge in [-0.3, -0.25) is 0 Å². The van der Waals surface area contributed by atoms with Crippen LogP contribution in [0.5, 0.6) is 0 Å². The summed E-state index contributed by atoms with van der Waals surface area (Å²) in [5.41, 5.74) is 0.990. The van der Waals surface area contributed by atoms with E-state index in [0.717, 1.165) is 29.5 Å². The van der Waals surface area contributed by atoms with Gasteiger partial charge in [-0.15, -0.1) is 0 Å². The zero-order chi connectivity index (χ0) is 12.1. The van der Waals surface area contributed by atoms with Crippen molar-refractivity contribution in [2.24, 2.45) is 5.92 Å². The number of hydrogen-bond donors (Lipinski definition) is 0. The molecule has 1 aliphatic carbocycles. The Hall–Kier alpha value is -2.10. The highest BCUT2D eigenvalue weighted by Crippen LogP contribution is 2.37. The van der Waals surface area contributed by atoms with Gasteiger partial charge in [0, 0.05) is 11.8 Å². The molecule has 0 amide bonds. The van der Waals surface area contributed by atoms with Crippen molar-refractivity contribution in [2.45, 2.75) is 19.4 Å². The molecule has 0 aromatic carbocycles. The minimum absolute atomic E-state index is 0.378. The van der Waals surface area contributed by atoms with Crippen LogP contribution in [0.15, 0.2) is 41.1 Å². The highest BCUT2D eigenvalue weighted by atomic mass is 16.3. The van der Waals surface area contributed by atoms with E-state index in [1.165, 1.54) is 0 Å². The summed E-state index contributed by atoms with van der Waals surface area (Å²) in [5.74, 6) is 3.61. The van der Waals surface area contributed by atoms with Gasteiger partial charge >= 0.3 is 0 Å². The highest BCUT2D eigenvalue weighted by molar-refractivity contribution is 5.57. The van der Waals surface area contributed by atoms with E-state index in [9.17, 15) is 0 Å². The van der Waals surface area contributed by atoms with E-state index < -0.39 is 0 Å². The Morgan fingerprint density at radius 2 is 2.22 bits per heavy atom. The largest absolute Gasteiger partial charge is 0.469 e. The number of aryl methyl sites for hydroxylation is 1. The molecule has 2 aromatic heterocycles. The normalized spacial score (nSPS) is 24.3. The predicted molar refractivity (Wildman–Crippen MR) is 67.0 cm³/mol. The van der Waals surface area contributed by atoms with Crippen molar-refractivity contribution in [1.29, 1.82) is 0 Å². The number of fused-ring (bicyclic) bond motifs is 3. The zero-order valence-corrected chi connectivity index (χ0v) is 10.1. The number of aromatic nitrogens is 3. The molecule has 2 unspecified atom stereocenters. The van der Waals surface area contributed by atoms with Crippen LogP contribution in [0.3, 0.4) is 0 Å². The van der Waals surface area contributed by atoms with Gasteiger partial charge in [-0.25, -0.2) is 9.67 Å². The summed E-state index contributed by atoms with van der Waals surface area (Å²) in [6, 6.07) is 1.93. The average molecular weight is 239 g/mol. The number of furan rings is 1. The first kappa shape index (κ1) is 9.88. The number of allylic oxidation sites excluding steroid dienone is 4. The number of hydrogen-bond acceptors (Lipinski definition) is 3. The monoisotopic (exact) mass is 239 g/mol. The Balaban J connectivity index is 1.79. The quantitative estimate of drug-likeness (QED) is 0.768. The van der Waals surface area contributed by atoms with Crippen LogP contribution in [0.2, 0.25) is 0 Å². The van der Waals surface area contributed by atoms with Crippen molar-refractivity contribution in [3.8, 4) is 11.4 Å². The van der Waals surface area contributed by atoms with Crippen molar-refractivity contribution in [3.63, 3.8) is 0 Å². The Kier molecular flexibility index (Phi) is 1.89. The fraction of sp³-hybridized carbons (Fsp3) is 0.286. The Morgan fingerprint density at radius 3 is 3.06 bits per heavy atom. The maximum absolute atomic E-state index is 5.31. The zero-order valence-electron chi connectivity index (χ0n) is 10.1. The third-order valence-electron chi connectivity index (χ3n) is 3.73.